The molecule has 0 bridgehead atoms. The van der Waals surface area contributed by atoms with Crippen LogP contribution < -0.4 is 5.32 Å². The summed E-state index contributed by atoms with van der Waals surface area (Å²) in [6.07, 6.45) is 0.528. The highest BCUT2D eigenvalue weighted by atomic mass is 32.2. The van der Waals surface area contributed by atoms with Gasteiger partial charge in [-0.05, 0) is 0 Å². The highest BCUT2D eigenvalue weighted by Crippen LogP contribution is 2.23. The molecular formula is C5H9NOS. The van der Waals surface area contributed by atoms with Crippen LogP contribution in [-0.2, 0) is 4.74 Å². The molecule has 2 unspecified atom stereocenters. The topological polar surface area (TPSA) is 21.3 Å². The third kappa shape index (κ3) is 0.658. The van der Waals surface area contributed by atoms with Gasteiger partial charge >= 0.3 is 0 Å². The fourth-order valence-corrected chi connectivity index (χ4v) is 2.43. The van der Waals surface area contributed by atoms with Gasteiger partial charge in [0.1, 0.15) is 0 Å². The van der Waals surface area contributed by atoms with Crippen LogP contribution in [0.4, 0.5) is 0 Å². The van der Waals surface area contributed by atoms with Crippen LogP contribution in [0.3, 0.4) is 0 Å². The van der Waals surface area contributed by atoms with E-state index in [4.69, 9.17) is 4.74 Å². The Morgan fingerprint density at radius 2 is 2.50 bits per heavy atom. The Morgan fingerprint density at radius 3 is 3.38 bits per heavy atom. The average Bonchev–Trinajstić information content (AvgIpc) is 2.15. The Morgan fingerprint density at radius 1 is 1.50 bits per heavy atom. The normalized spacial score (nSPS) is 45.0. The van der Waals surface area contributed by atoms with Crippen molar-refractivity contribution in [2.75, 3.05) is 18.2 Å². The SMILES string of the molecule is C1NC2CSCC2O1. The van der Waals surface area contributed by atoms with E-state index < -0.39 is 0 Å². The summed E-state index contributed by atoms with van der Waals surface area (Å²) in [6, 6.07) is 0.667. The Labute approximate surface area is 53.0 Å². The summed E-state index contributed by atoms with van der Waals surface area (Å²) >= 11 is 1.98. The summed E-state index contributed by atoms with van der Waals surface area (Å²) in [6.45, 7) is 0.774. The van der Waals surface area contributed by atoms with Crippen molar-refractivity contribution in [2.45, 2.75) is 12.1 Å². The van der Waals surface area contributed by atoms with Crippen molar-refractivity contribution in [2.24, 2.45) is 0 Å². The molecule has 2 saturated heterocycles. The first-order valence-corrected chi connectivity index (χ1v) is 4.05. The lowest BCUT2D eigenvalue weighted by Gasteiger charge is -2.02. The number of nitrogens with one attached hydrogen (secondary N) is 1. The van der Waals surface area contributed by atoms with Crippen LogP contribution in [0, 0.1) is 0 Å². The van der Waals surface area contributed by atoms with E-state index in [0.717, 1.165) is 6.73 Å². The molecule has 2 rings (SSSR count). The minimum absolute atomic E-state index is 0.528. The highest BCUT2D eigenvalue weighted by Gasteiger charge is 2.32. The van der Waals surface area contributed by atoms with Gasteiger partial charge in [0.05, 0.1) is 12.8 Å². The van der Waals surface area contributed by atoms with Gasteiger partial charge in [0.15, 0.2) is 0 Å². The number of thioether (sulfide) groups is 1. The van der Waals surface area contributed by atoms with Gasteiger partial charge in [-0.1, -0.05) is 0 Å². The van der Waals surface area contributed by atoms with Gasteiger partial charge in [0, 0.05) is 17.5 Å². The maximum Gasteiger partial charge on any atom is 0.0973 e. The molecule has 2 fully saturated rings. The van der Waals surface area contributed by atoms with Gasteiger partial charge in [0.2, 0.25) is 0 Å². The molecular weight excluding hydrogens is 122 g/mol. The average molecular weight is 131 g/mol. The minimum atomic E-state index is 0.528. The number of hydrogen-bond donors (Lipinski definition) is 1. The molecule has 0 amide bonds. The molecule has 0 radical (unpaired) electrons. The quantitative estimate of drug-likeness (QED) is 0.502. The third-order valence-electron chi connectivity index (χ3n) is 1.67. The number of hydrogen-bond acceptors (Lipinski definition) is 3. The van der Waals surface area contributed by atoms with Crippen LogP contribution in [0.1, 0.15) is 0 Å². The van der Waals surface area contributed by atoms with E-state index in [1.54, 1.807) is 0 Å². The van der Waals surface area contributed by atoms with Crippen molar-refractivity contribution < 1.29 is 4.74 Å². The first kappa shape index (κ1) is 5.09. The predicted octanol–water partition coefficient (Wildman–Crippen LogP) is 0.0477. The molecule has 0 aromatic rings. The van der Waals surface area contributed by atoms with Crippen LogP contribution >= 0.6 is 11.8 Å². The molecule has 46 valence electrons. The number of ether oxygens (including phenoxy) is 1. The molecule has 3 heteroatoms. The fraction of sp³-hybridized carbons (Fsp3) is 1.00. The summed E-state index contributed by atoms with van der Waals surface area (Å²) in [7, 11) is 0. The van der Waals surface area contributed by atoms with E-state index in [9.17, 15) is 0 Å². The highest BCUT2D eigenvalue weighted by molar-refractivity contribution is 7.99. The first-order valence-electron chi connectivity index (χ1n) is 2.89. The molecule has 2 nitrogen and oxygen atoms in total. The maximum atomic E-state index is 5.34. The van der Waals surface area contributed by atoms with Crippen molar-refractivity contribution in [3.8, 4) is 0 Å². The molecule has 0 aromatic carbocycles. The van der Waals surface area contributed by atoms with Crippen molar-refractivity contribution in [1.82, 2.24) is 5.32 Å². The molecule has 8 heavy (non-hydrogen) atoms. The molecule has 0 aromatic heterocycles. The third-order valence-corrected chi connectivity index (χ3v) is 2.83. The van der Waals surface area contributed by atoms with Crippen molar-refractivity contribution in [3.63, 3.8) is 0 Å². The standard InChI is InChI=1S/C5H9NOS/c1-4-5(2-8-1)7-3-6-4/h4-6H,1-3H2. The van der Waals surface area contributed by atoms with Crippen molar-refractivity contribution >= 4 is 11.8 Å². The predicted molar refractivity (Wildman–Crippen MR) is 34.0 cm³/mol. The fourth-order valence-electron chi connectivity index (χ4n) is 1.15. The summed E-state index contributed by atoms with van der Waals surface area (Å²) < 4.78 is 5.34. The van der Waals surface area contributed by atoms with E-state index in [-0.39, 0.29) is 0 Å². The van der Waals surface area contributed by atoms with Crippen LogP contribution in [0.15, 0.2) is 0 Å². The molecule has 2 aliphatic heterocycles. The van der Waals surface area contributed by atoms with Gasteiger partial charge in [-0.2, -0.15) is 11.8 Å². The first-order chi connectivity index (χ1) is 3.97. The van der Waals surface area contributed by atoms with E-state index in [2.05, 4.69) is 5.32 Å². The minimum Gasteiger partial charge on any atom is -0.361 e. The molecule has 0 saturated carbocycles. The van der Waals surface area contributed by atoms with Crippen molar-refractivity contribution in [1.29, 1.82) is 0 Å². The second-order valence-corrected chi connectivity index (χ2v) is 3.27. The van der Waals surface area contributed by atoms with Gasteiger partial charge in [0.25, 0.3) is 0 Å². The van der Waals surface area contributed by atoms with E-state index in [1.165, 1.54) is 11.5 Å². The Kier molecular flexibility index (Phi) is 1.21. The summed E-state index contributed by atoms with van der Waals surface area (Å²) in [5.74, 6) is 2.43. The van der Waals surface area contributed by atoms with E-state index in [1.807, 2.05) is 11.8 Å². The molecule has 1 N–H and O–H groups in total. The van der Waals surface area contributed by atoms with Gasteiger partial charge in [-0.25, -0.2) is 0 Å². The molecule has 2 heterocycles. The molecule has 0 aliphatic carbocycles. The smallest absolute Gasteiger partial charge is 0.0973 e. The monoisotopic (exact) mass is 131 g/mol. The lowest BCUT2D eigenvalue weighted by molar-refractivity contribution is 0.125. The Bertz CT molecular complexity index is 78.4. The van der Waals surface area contributed by atoms with Crippen LogP contribution in [0.5, 0.6) is 0 Å². The molecule has 2 aliphatic rings. The Hall–Kier alpha value is 0.270. The van der Waals surface area contributed by atoms with Crippen LogP contribution in [0.25, 0.3) is 0 Å². The van der Waals surface area contributed by atoms with Gasteiger partial charge in [-0.3, -0.25) is 5.32 Å². The second kappa shape index (κ2) is 1.90. The van der Waals surface area contributed by atoms with Crippen LogP contribution in [-0.4, -0.2) is 30.4 Å². The summed E-state index contributed by atoms with van der Waals surface area (Å²) in [4.78, 5) is 0. The lowest BCUT2D eigenvalue weighted by atomic mass is 10.2. The summed E-state index contributed by atoms with van der Waals surface area (Å²) in [5, 5.41) is 3.28. The van der Waals surface area contributed by atoms with Crippen LogP contribution in [0.2, 0.25) is 0 Å². The molecule has 2 atom stereocenters. The Balaban J connectivity index is 2.04. The maximum absolute atomic E-state index is 5.34. The largest absolute Gasteiger partial charge is 0.361 e. The molecule has 0 spiro atoms. The van der Waals surface area contributed by atoms with Gasteiger partial charge < -0.3 is 4.74 Å². The van der Waals surface area contributed by atoms with Crippen molar-refractivity contribution in [3.05, 3.63) is 0 Å². The van der Waals surface area contributed by atoms with E-state index in [0.29, 0.717) is 12.1 Å². The summed E-state index contributed by atoms with van der Waals surface area (Å²) in [5.41, 5.74) is 0. The number of fused-ring (bicyclic) bond motifs is 1. The second-order valence-electron chi connectivity index (χ2n) is 2.20. The van der Waals surface area contributed by atoms with E-state index >= 15 is 0 Å². The zero-order valence-electron chi connectivity index (χ0n) is 4.59. The zero-order chi connectivity index (χ0) is 5.40. The lowest BCUT2D eigenvalue weighted by Crippen LogP contribution is -2.28. The van der Waals surface area contributed by atoms with Gasteiger partial charge in [-0.15, -0.1) is 0 Å². The number of rotatable bonds is 0. The zero-order valence-corrected chi connectivity index (χ0v) is 5.41.